The predicted molar refractivity (Wildman–Crippen MR) is 95.2 cm³/mol. The summed E-state index contributed by atoms with van der Waals surface area (Å²) in [5.74, 6) is 2.18. The van der Waals surface area contributed by atoms with E-state index in [0.29, 0.717) is 11.6 Å². The molecule has 7 heteroatoms. The normalized spacial score (nSPS) is 19.8. The summed E-state index contributed by atoms with van der Waals surface area (Å²) in [5.41, 5.74) is 2.91. The van der Waals surface area contributed by atoms with E-state index in [1.165, 1.54) is 18.4 Å². The molecule has 5 rings (SSSR count). The minimum Gasteiger partial charge on any atom is -0.360 e. The summed E-state index contributed by atoms with van der Waals surface area (Å²) in [6.07, 6.45) is 6.87. The maximum Gasteiger partial charge on any atom is 0.276 e. The highest BCUT2D eigenvalue weighted by molar-refractivity contribution is 5.92. The number of carbonyl (C=O) groups excluding carboxylic acids is 1. The first-order chi connectivity index (χ1) is 12.7. The van der Waals surface area contributed by atoms with Gasteiger partial charge in [-0.1, -0.05) is 5.16 Å². The van der Waals surface area contributed by atoms with Crippen molar-refractivity contribution in [3.8, 4) is 0 Å². The van der Waals surface area contributed by atoms with Crippen LogP contribution in [-0.2, 0) is 12.8 Å². The molecule has 0 spiro atoms. The summed E-state index contributed by atoms with van der Waals surface area (Å²) in [4.78, 5) is 16.6. The fraction of sp³-hybridized carbons (Fsp3) is 0.579. The lowest BCUT2D eigenvalue weighted by atomic mass is 9.96. The number of hydrogen-bond acceptors (Lipinski definition) is 6. The van der Waals surface area contributed by atoms with Crippen molar-refractivity contribution in [2.45, 2.75) is 50.5 Å². The number of nitrogens with zero attached hydrogens (tertiary/aromatic N) is 5. The highest BCUT2D eigenvalue weighted by Gasteiger charge is 2.36. The highest BCUT2D eigenvalue weighted by atomic mass is 16.5. The Hall–Kier alpha value is -2.44. The second-order valence-corrected chi connectivity index (χ2v) is 7.75. The molecule has 1 amide bonds. The van der Waals surface area contributed by atoms with Crippen LogP contribution in [-0.4, -0.2) is 52.3 Å². The van der Waals surface area contributed by atoms with E-state index >= 15 is 0 Å². The minimum absolute atomic E-state index is 0.0678. The maximum atomic E-state index is 12.6. The van der Waals surface area contributed by atoms with Gasteiger partial charge in [-0.3, -0.25) is 4.79 Å². The third-order valence-electron chi connectivity index (χ3n) is 5.84. The van der Waals surface area contributed by atoms with Crippen LogP contribution in [0.1, 0.15) is 59.1 Å². The van der Waals surface area contributed by atoms with Crippen molar-refractivity contribution in [1.82, 2.24) is 20.3 Å². The first kappa shape index (κ1) is 15.8. The van der Waals surface area contributed by atoms with Gasteiger partial charge < -0.3 is 14.3 Å². The van der Waals surface area contributed by atoms with Gasteiger partial charge >= 0.3 is 0 Å². The lowest BCUT2D eigenvalue weighted by Crippen LogP contribution is -2.60. The fourth-order valence-electron chi connectivity index (χ4n) is 3.82. The summed E-state index contributed by atoms with van der Waals surface area (Å²) in [7, 11) is 1.84. The van der Waals surface area contributed by atoms with Gasteiger partial charge in [0.1, 0.15) is 5.76 Å². The number of likely N-dealkylation sites (N-methyl/N-ethyl adjacent to an activating group) is 1. The molecule has 26 heavy (non-hydrogen) atoms. The van der Waals surface area contributed by atoms with Crippen LogP contribution in [0.25, 0.3) is 0 Å². The molecule has 0 radical (unpaired) electrons. The van der Waals surface area contributed by atoms with E-state index in [9.17, 15) is 4.79 Å². The Balaban J connectivity index is 1.22. The molecule has 1 aliphatic heterocycles. The lowest BCUT2D eigenvalue weighted by molar-refractivity contribution is 0.0694. The van der Waals surface area contributed by atoms with Crippen molar-refractivity contribution < 1.29 is 9.32 Å². The van der Waals surface area contributed by atoms with Crippen molar-refractivity contribution in [3.63, 3.8) is 0 Å². The van der Waals surface area contributed by atoms with E-state index in [1.807, 2.05) is 13.1 Å². The van der Waals surface area contributed by atoms with Crippen LogP contribution in [0.2, 0.25) is 0 Å². The third-order valence-corrected chi connectivity index (χ3v) is 5.84. The van der Waals surface area contributed by atoms with Crippen LogP contribution in [0.4, 0.5) is 5.82 Å². The molecule has 2 fully saturated rings. The van der Waals surface area contributed by atoms with E-state index in [2.05, 4.69) is 26.3 Å². The quantitative estimate of drug-likeness (QED) is 0.839. The fourth-order valence-corrected chi connectivity index (χ4v) is 3.82. The Morgan fingerprint density at radius 2 is 2.00 bits per heavy atom. The molecule has 3 aliphatic rings. The predicted octanol–water partition coefficient (Wildman–Crippen LogP) is 2.18. The third kappa shape index (κ3) is 2.75. The summed E-state index contributed by atoms with van der Waals surface area (Å²) < 4.78 is 5.31. The van der Waals surface area contributed by atoms with Crippen molar-refractivity contribution >= 4 is 11.7 Å². The van der Waals surface area contributed by atoms with Crippen molar-refractivity contribution in [2.75, 3.05) is 25.0 Å². The molecule has 0 bridgehead atoms. The smallest absolute Gasteiger partial charge is 0.276 e. The average molecular weight is 353 g/mol. The number of rotatable bonds is 4. The molecule has 136 valence electrons. The summed E-state index contributed by atoms with van der Waals surface area (Å²) in [6.45, 7) is 1.56. The molecule has 0 aromatic carbocycles. The van der Waals surface area contributed by atoms with Gasteiger partial charge in [-0.2, -0.15) is 5.10 Å². The van der Waals surface area contributed by atoms with Crippen molar-refractivity contribution in [1.29, 1.82) is 0 Å². The Labute approximate surface area is 152 Å². The molecule has 1 saturated heterocycles. The van der Waals surface area contributed by atoms with Gasteiger partial charge in [0.25, 0.3) is 5.91 Å². The Kier molecular flexibility index (Phi) is 3.69. The standard InChI is InChI=1S/C19H23N5O2/c1-23(19(25)16-9-17(26-22-16)12-6-7-12)14-10-24(11-14)18-8-13-4-2-3-5-15(13)20-21-18/h8-9,12,14H,2-7,10-11H2,1H3. The monoisotopic (exact) mass is 353 g/mol. The molecule has 2 aromatic rings. The highest BCUT2D eigenvalue weighted by Crippen LogP contribution is 2.40. The van der Waals surface area contributed by atoms with Crippen LogP contribution in [0.3, 0.4) is 0 Å². The Morgan fingerprint density at radius 3 is 2.81 bits per heavy atom. The SMILES string of the molecule is CN(C(=O)c1cc(C2CC2)on1)C1CN(c2cc3c(nn2)CCCC3)C1. The molecule has 0 unspecified atom stereocenters. The first-order valence-electron chi connectivity index (χ1n) is 9.53. The Bertz CT molecular complexity index is 838. The largest absolute Gasteiger partial charge is 0.360 e. The van der Waals surface area contributed by atoms with Crippen molar-refractivity contribution in [3.05, 3.63) is 34.8 Å². The number of fused-ring (bicyclic) bond motifs is 1. The lowest BCUT2D eigenvalue weighted by Gasteiger charge is -2.44. The zero-order chi connectivity index (χ0) is 17.7. The summed E-state index contributed by atoms with van der Waals surface area (Å²) >= 11 is 0. The van der Waals surface area contributed by atoms with Crippen LogP contribution in [0.15, 0.2) is 16.7 Å². The van der Waals surface area contributed by atoms with Gasteiger partial charge in [-0.05, 0) is 50.2 Å². The first-order valence-corrected chi connectivity index (χ1v) is 9.53. The Morgan fingerprint density at radius 1 is 1.19 bits per heavy atom. The number of anilines is 1. The van der Waals surface area contributed by atoms with Crippen LogP contribution in [0, 0.1) is 0 Å². The number of carbonyl (C=O) groups is 1. The molecule has 0 atom stereocenters. The molecule has 1 saturated carbocycles. The van der Waals surface area contributed by atoms with Crippen LogP contribution < -0.4 is 4.90 Å². The second-order valence-electron chi connectivity index (χ2n) is 7.75. The second kappa shape index (κ2) is 6.07. The number of amides is 1. The molecular formula is C19H23N5O2. The zero-order valence-corrected chi connectivity index (χ0v) is 15.0. The molecule has 7 nitrogen and oxygen atoms in total. The van der Waals surface area contributed by atoms with E-state index in [0.717, 1.165) is 56.0 Å². The van der Waals surface area contributed by atoms with E-state index < -0.39 is 0 Å². The molecule has 0 N–H and O–H groups in total. The maximum absolute atomic E-state index is 12.6. The molecule has 2 aliphatic carbocycles. The van der Waals surface area contributed by atoms with Crippen LogP contribution in [0.5, 0.6) is 0 Å². The van der Waals surface area contributed by atoms with E-state index in [4.69, 9.17) is 4.52 Å². The van der Waals surface area contributed by atoms with Crippen LogP contribution >= 0.6 is 0 Å². The van der Waals surface area contributed by atoms with E-state index in [1.54, 1.807) is 4.90 Å². The minimum atomic E-state index is -0.0678. The average Bonchev–Trinajstić information content (AvgIpc) is 3.36. The van der Waals surface area contributed by atoms with Gasteiger partial charge in [0.05, 0.1) is 11.7 Å². The van der Waals surface area contributed by atoms with Gasteiger partial charge in [0.15, 0.2) is 11.5 Å². The topological polar surface area (TPSA) is 75.4 Å². The van der Waals surface area contributed by atoms with Crippen molar-refractivity contribution in [2.24, 2.45) is 0 Å². The van der Waals surface area contributed by atoms with Gasteiger partial charge in [-0.15, -0.1) is 5.10 Å². The number of aromatic nitrogens is 3. The van der Waals surface area contributed by atoms with Gasteiger partial charge in [-0.25, -0.2) is 0 Å². The number of hydrogen-bond donors (Lipinski definition) is 0. The van der Waals surface area contributed by atoms with E-state index in [-0.39, 0.29) is 11.9 Å². The number of aryl methyl sites for hydroxylation is 2. The molecule has 3 heterocycles. The van der Waals surface area contributed by atoms with Gasteiger partial charge in [0.2, 0.25) is 0 Å². The zero-order valence-electron chi connectivity index (χ0n) is 15.0. The molecular weight excluding hydrogens is 330 g/mol. The molecule has 2 aromatic heterocycles. The van der Waals surface area contributed by atoms with Gasteiger partial charge in [0, 0.05) is 32.1 Å². The summed E-state index contributed by atoms with van der Waals surface area (Å²) in [6, 6.07) is 4.16. The summed E-state index contributed by atoms with van der Waals surface area (Å²) in [5, 5.41) is 12.8.